The van der Waals surface area contributed by atoms with Crippen molar-refractivity contribution < 1.29 is 33.9 Å². The minimum Gasteiger partial charge on any atom is -0.391 e. The van der Waals surface area contributed by atoms with E-state index in [1.807, 2.05) is 72.8 Å². The lowest BCUT2D eigenvalue weighted by atomic mass is 9.99. The van der Waals surface area contributed by atoms with Crippen molar-refractivity contribution in [3.05, 3.63) is 108 Å². The summed E-state index contributed by atoms with van der Waals surface area (Å²) in [7, 11) is 1.50. The zero-order chi connectivity index (χ0) is 42.8. The fourth-order valence-electron chi connectivity index (χ4n) is 8.13. The van der Waals surface area contributed by atoms with Crippen molar-refractivity contribution in [3.8, 4) is 0 Å². The molecule has 7 atom stereocenters. The molecule has 318 valence electrons. The molecule has 2 aliphatic heterocycles. The lowest BCUT2D eigenvalue weighted by Gasteiger charge is -2.34. The fraction of sp³-hybridized carbons (Fsp3) is 0.422. The molecular formula is C45H56N8O7. The number of carbonyl (C=O) groups is 6. The first-order chi connectivity index (χ1) is 28.9. The zero-order valence-corrected chi connectivity index (χ0v) is 34.1. The van der Waals surface area contributed by atoms with Crippen molar-refractivity contribution in [1.82, 2.24) is 36.1 Å². The highest BCUT2D eigenvalue weighted by Crippen LogP contribution is 2.24. The van der Waals surface area contributed by atoms with Gasteiger partial charge in [0.25, 0.3) is 0 Å². The quantitative estimate of drug-likeness (QED) is 0.110. The van der Waals surface area contributed by atoms with Crippen LogP contribution in [0.2, 0.25) is 0 Å². The molecule has 3 aromatic carbocycles. The molecule has 8 N–H and O–H groups in total. The first-order valence-corrected chi connectivity index (χ1v) is 20.7. The van der Waals surface area contributed by atoms with Gasteiger partial charge in [-0.2, -0.15) is 0 Å². The number of nitrogens with two attached hydrogens (primary N) is 1. The lowest BCUT2D eigenvalue weighted by molar-refractivity contribution is -0.145. The number of hydrogen-bond acceptors (Lipinski definition) is 8. The molecule has 0 aliphatic carbocycles. The van der Waals surface area contributed by atoms with Gasteiger partial charge in [-0.05, 0) is 68.3 Å². The summed E-state index contributed by atoms with van der Waals surface area (Å²) in [6, 6.07) is 18.6. The normalized spacial score (nSPS) is 24.2. The number of carbonyl (C=O) groups excluding carboxylic acids is 6. The van der Waals surface area contributed by atoms with E-state index in [-0.39, 0.29) is 32.2 Å². The van der Waals surface area contributed by atoms with E-state index in [0.29, 0.717) is 32.2 Å². The second-order valence-corrected chi connectivity index (χ2v) is 15.8. The van der Waals surface area contributed by atoms with E-state index in [9.17, 15) is 33.9 Å². The fourth-order valence-corrected chi connectivity index (χ4v) is 8.13. The number of amides is 6. The van der Waals surface area contributed by atoms with Gasteiger partial charge in [0.1, 0.15) is 36.3 Å². The van der Waals surface area contributed by atoms with Crippen LogP contribution in [0.1, 0.15) is 55.7 Å². The number of nitrogens with zero attached hydrogens (tertiary/aromatic N) is 2. The van der Waals surface area contributed by atoms with Gasteiger partial charge < -0.3 is 46.9 Å². The Hall–Kier alpha value is -6.06. The summed E-state index contributed by atoms with van der Waals surface area (Å²) in [5, 5.41) is 23.0. The van der Waals surface area contributed by atoms with Crippen LogP contribution in [0.3, 0.4) is 0 Å². The van der Waals surface area contributed by atoms with E-state index < -0.39 is 77.8 Å². The largest absolute Gasteiger partial charge is 0.391 e. The third-order valence-electron chi connectivity index (χ3n) is 11.5. The summed E-state index contributed by atoms with van der Waals surface area (Å²) in [5.41, 5.74) is 8.87. The van der Waals surface area contributed by atoms with Crippen molar-refractivity contribution in [2.75, 3.05) is 20.1 Å². The third-order valence-corrected chi connectivity index (χ3v) is 11.5. The highest BCUT2D eigenvalue weighted by Gasteiger charge is 2.42. The molecule has 15 heteroatoms. The lowest BCUT2D eigenvalue weighted by Crippen LogP contribution is -2.63. The molecule has 15 nitrogen and oxygen atoms in total. The van der Waals surface area contributed by atoms with Gasteiger partial charge in [-0.1, -0.05) is 78.9 Å². The van der Waals surface area contributed by atoms with Gasteiger partial charge in [0, 0.05) is 50.0 Å². The Morgan fingerprint density at radius 2 is 1.30 bits per heavy atom. The number of aliphatic hydroxyl groups excluding tert-OH is 1. The van der Waals surface area contributed by atoms with E-state index in [2.05, 4.69) is 26.3 Å². The summed E-state index contributed by atoms with van der Waals surface area (Å²) in [5.74, 6) is -3.79. The number of fused-ring (bicyclic) bond motifs is 2. The number of aliphatic hydroxyl groups is 1. The van der Waals surface area contributed by atoms with Gasteiger partial charge in [-0.15, -0.1) is 0 Å². The van der Waals surface area contributed by atoms with Crippen LogP contribution in [0.4, 0.5) is 0 Å². The molecule has 1 aromatic heterocycles. The number of aromatic nitrogens is 1. The van der Waals surface area contributed by atoms with E-state index in [1.54, 1.807) is 18.3 Å². The number of benzene rings is 3. The molecule has 0 radical (unpaired) electrons. The molecule has 2 saturated heterocycles. The predicted octanol–water partition coefficient (Wildman–Crippen LogP) is 1.48. The maximum atomic E-state index is 14.8. The maximum absolute atomic E-state index is 14.8. The van der Waals surface area contributed by atoms with Gasteiger partial charge in [0.05, 0.1) is 6.10 Å². The summed E-state index contributed by atoms with van der Waals surface area (Å²) in [4.78, 5) is 92.6. The smallest absolute Gasteiger partial charge is 0.246 e. The highest BCUT2D eigenvalue weighted by molar-refractivity contribution is 5.99. The SMILES string of the molecule is C[C@@H](O)[C@@H]1NC(=O)[C@H](CCCCN)NC(=O)[C@@H](Cc2c[nH]c3ccccc23)N(C)C(=O)[C@H](Cc2ccccc2)NC(=O)[C@@H]2CCCN2C(=O)[C@H](Cc2ccccc2)NC1=O. The Bertz CT molecular complexity index is 2130. The van der Waals surface area contributed by atoms with Crippen LogP contribution in [-0.4, -0.2) is 118 Å². The highest BCUT2D eigenvalue weighted by atomic mass is 16.3. The number of unbranched alkanes of at least 4 members (excludes halogenated alkanes) is 1. The Labute approximate surface area is 349 Å². The number of aromatic amines is 1. The van der Waals surface area contributed by atoms with Crippen molar-refractivity contribution in [1.29, 1.82) is 0 Å². The van der Waals surface area contributed by atoms with Gasteiger partial charge in [0.15, 0.2) is 0 Å². The molecule has 0 bridgehead atoms. The molecule has 6 amide bonds. The molecular weight excluding hydrogens is 765 g/mol. The number of para-hydroxylation sites is 1. The second kappa shape index (κ2) is 20.3. The second-order valence-electron chi connectivity index (χ2n) is 15.8. The van der Waals surface area contributed by atoms with Crippen molar-refractivity contribution in [2.24, 2.45) is 5.73 Å². The van der Waals surface area contributed by atoms with Gasteiger partial charge in [-0.3, -0.25) is 28.8 Å². The van der Waals surface area contributed by atoms with Crippen molar-refractivity contribution in [2.45, 2.75) is 101 Å². The Morgan fingerprint density at radius 3 is 1.95 bits per heavy atom. The molecule has 0 unspecified atom stereocenters. The van der Waals surface area contributed by atoms with Crippen LogP contribution >= 0.6 is 0 Å². The Morgan fingerprint density at radius 1 is 0.700 bits per heavy atom. The summed E-state index contributed by atoms with van der Waals surface area (Å²) in [6.45, 7) is 1.91. The maximum Gasteiger partial charge on any atom is 0.246 e. The van der Waals surface area contributed by atoms with Crippen LogP contribution in [0.25, 0.3) is 10.9 Å². The first kappa shape index (κ1) is 43.5. The molecule has 3 heterocycles. The third kappa shape index (κ3) is 10.6. The van der Waals surface area contributed by atoms with E-state index in [4.69, 9.17) is 5.73 Å². The van der Waals surface area contributed by atoms with Crippen LogP contribution in [0.15, 0.2) is 91.1 Å². The monoisotopic (exact) mass is 820 g/mol. The van der Waals surface area contributed by atoms with E-state index in [0.717, 1.165) is 27.6 Å². The van der Waals surface area contributed by atoms with Crippen molar-refractivity contribution in [3.63, 3.8) is 0 Å². The van der Waals surface area contributed by atoms with Crippen LogP contribution in [0, 0.1) is 0 Å². The average molecular weight is 821 g/mol. The number of H-pyrrole nitrogens is 1. The van der Waals surface area contributed by atoms with Gasteiger partial charge >= 0.3 is 0 Å². The zero-order valence-electron chi connectivity index (χ0n) is 34.1. The van der Waals surface area contributed by atoms with Crippen molar-refractivity contribution >= 4 is 46.3 Å². The van der Waals surface area contributed by atoms with E-state index >= 15 is 0 Å². The van der Waals surface area contributed by atoms with Crippen LogP contribution in [-0.2, 0) is 48.0 Å². The number of nitrogens with one attached hydrogen (secondary N) is 5. The topological polar surface area (TPSA) is 219 Å². The van der Waals surface area contributed by atoms with Crippen LogP contribution in [0.5, 0.6) is 0 Å². The standard InChI is InChI=1S/C45H56N8O7/c1-28(54)39-43(58)50-36(25-30-16-7-4-8-17-30)45(60)53-23-13-21-37(53)41(56)49-35(24-29-14-5-3-6-15-29)44(59)52(2)38(26-31-27-47-33-19-10-9-18-32(31)33)42(57)48-34(40(55)51-39)20-11-12-22-46/h3-10,14-19,27-28,34-39,47,54H,11-13,20-26,46H2,1-2H3,(H,48,57)(H,49,56)(H,50,58)(H,51,55)/t28-,34+,35+,36+,37+,38-,39+/m1/s1. The summed E-state index contributed by atoms with van der Waals surface area (Å²) >= 11 is 0. The summed E-state index contributed by atoms with van der Waals surface area (Å²) in [6.07, 6.45) is 2.51. The minimum absolute atomic E-state index is 0.0492. The first-order valence-electron chi connectivity index (χ1n) is 20.7. The average Bonchev–Trinajstić information content (AvgIpc) is 3.91. The Balaban J connectivity index is 1.42. The number of likely N-dealkylation sites (N-methyl/N-ethyl adjacent to an activating group) is 1. The van der Waals surface area contributed by atoms with Gasteiger partial charge in [-0.25, -0.2) is 0 Å². The van der Waals surface area contributed by atoms with E-state index in [1.165, 1.54) is 23.8 Å². The molecule has 0 saturated carbocycles. The number of hydrogen-bond donors (Lipinski definition) is 7. The molecule has 6 rings (SSSR count). The Kier molecular flexibility index (Phi) is 14.7. The molecule has 2 fully saturated rings. The molecule has 60 heavy (non-hydrogen) atoms. The predicted molar refractivity (Wildman–Crippen MR) is 226 cm³/mol. The summed E-state index contributed by atoms with van der Waals surface area (Å²) < 4.78 is 0. The molecule has 4 aromatic rings. The molecule has 2 aliphatic rings. The van der Waals surface area contributed by atoms with Crippen LogP contribution < -0.4 is 27.0 Å². The minimum atomic E-state index is -1.51. The molecule has 0 spiro atoms. The van der Waals surface area contributed by atoms with Gasteiger partial charge in [0.2, 0.25) is 35.4 Å². The number of rotatable bonds is 11.